The number of benzene rings is 3. The number of hydrogen-bond donors (Lipinski definition) is 0. The van der Waals surface area contributed by atoms with Gasteiger partial charge in [0, 0.05) is 69.8 Å². The van der Waals surface area contributed by atoms with E-state index in [9.17, 15) is 0 Å². The topological polar surface area (TPSA) is 22.2 Å². The third-order valence-corrected chi connectivity index (χ3v) is 12.0. The lowest BCUT2D eigenvalue weighted by Gasteiger charge is -2.48. The van der Waals surface area contributed by atoms with Gasteiger partial charge in [0.25, 0.3) is 6.57 Å². The zero-order valence-corrected chi connectivity index (χ0v) is 23.8. The van der Waals surface area contributed by atoms with Crippen LogP contribution in [0.1, 0.15) is 0 Å². The predicted molar refractivity (Wildman–Crippen MR) is 157 cm³/mol. The molecule has 5 nitrogen and oxygen atoms in total. The van der Waals surface area contributed by atoms with Crippen LogP contribution in [-0.2, 0) is 11.8 Å². The van der Waals surface area contributed by atoms with Crippen molar-refractivity contribution in [2.24, 2.45) is 0 Å². The average molecular weight is 582 g/mol. The lowest BCUT2D eigenvalue weighted by Crippen LogP contribution is -2.51. The van der Waals surface area contributed by atoms with Gasteiger partial charge in [-0.1, -0.05) is 71.2 Å². The summed E-state index contributed by atoms with van der Waals surface area (Å²) in [5, 5.41) is 1.22. The summed E-state index contributed by atoms with van der Waals surface area (Å²) < 4.78 is 11.4. The van der Waals surface area contributed by atoms with Gasteiger partial charge in [-0.2, -0.15) is 0 Å². The van der Waals surface area contributed by atoms with Crippen LogP contribution in [0.2, 0.25) is 15.1 Å². The van der Waals surface area contributed by atoms with Crippen LogP contribution in [0.4, 0.5) is 11.4 Å². The lowest BCUT2D eigenvalue weighted by atomic mass is 10.2. The zero-order chi connectivity index (χ0) is 25.1. The van der Waals surface area contributed by atoms with Crippen molar-refractivity contribution < 1.29 is 4.52 Å². The van der Waals surface area contributed by atoms with Gasteiger partial charge in [0.1, 0.15) is 5.75 Å². The summed E-state index contributed by atoms with van der Waals surface area (Å²) in [6, 6.07) is 24.3. The molecular weight excluding hydrogens is 554 g/mol. The van der Waals surface area contributed by atoms with Gasteiger partial charge in [0.2, 0.25) is 0 Å². The Morgan fingerprint density at radius 1 is 0.583 bits per heavy atom. The molecule has 0 amide bonds. The maximum Gasteiger partial charge on any atom is 0.253 e. The lowest BCUT2D eigenvalue weighted by molar-refractivity contribution is 0.306. The molecule has 5 rings (SSSR count). The molecule has 0 saturated carbocycles. The smallest absolute Gasteiger partial charge is 0.253 e. The summed E-state index contributed by atoms with van der Waals surface area (Å²) in [6.07, 6.45) is 0. The molecule has 0 bridgehead atoms. The molecule has 2 aliphatic heterocycles. The minimum absolute atomic E-state index is 0.398. The normalized spacial score (nSPS) is 17.9. The van der Waals surface area contributed by atoms with Crippen molar-refractivity contribution >= 4 is 64.6 Å². The number of nitrogens with zero attached hydrogens (tertiary/aromatic N) is 4. The Labute approximate surface area is 233 Å². The van der Waals surface area contributed by atoms with Gasteiger partial charge < -0.3 is 14.3 Å². The third kappa shape index (κ3) is 5.66. The highest BCUT2D eigenvalue weighted by molar-refractivity contribution is 8.10. The number of piperazine rings is 2. The van der Waals surface area contributed by atoms with Crippen LogP contribution in [0.3, 0.4) is 0 Å². The SMILES string of the molecule is S=P(Oc1cc(Cl)c(Cl)cc1Cl)(N1CCN(c2ccccc2)CC1)N1CCN(c2ccccc2)CC1. The maximum absolute atomic E-state index is 6.70. The number of anilines is 2. The van der Waals surface area contributed by atoms with Gasteiger partial charge in [-0.3, -0.25) is 0 Å². The van der Waals surface area contributed by atoms with Gasteiger partial charge in [0.15, 0.2) is 0 Å². The summed E-state index contributed by atoms with van der Waals surface area (Å²) in [7, 11) is 0. The molecule has 0 aliphatic carbocycles. The zero-order valence-electron chi connectivity index (χ0n) is 19.8. The first-order valence-corrected chi connectivity index (χ1v) is 15.7. The number of rotatable bonds is 6. The minimum atomic E-state index is -2.63. The molecule has 0 spiro atoms. The van der Waals surface area contributed by atoms with Crippen LogP contribution in [-0.4, -0.2) is 61.7 Å². The van der Waals surface area contributed by atoms with Crippen LogP contribution in [0.15, 0.2) is 72.8 Å². The van der Waals surface area contributed by atoms with Gasteiger partial charge in [-0.25, -0.2) is 9.34 Å². The number of para-hydroxylation sites is 2. The average Bonchev–Trinajstić information content (AvgIpc) is 2.93. The van der Waals surface area contributed by atoms with Crippen molar-refractivity contribution in [1.29, 1.82) is 0 Å². The molecule has 190 valence electrons. The summed E-state index contributed by atoms with van der Waals surface area (Å²) in [5.41, 5.74) is 2.46. The van der Waals surface area contributed by atoms with Crippen LogP contribution in [0.5, 0.6) is 5.75 Å². The first-order valence-electron chi connectivity index (χ1n) is 12.0. The first kappa shape index (κ1) is 26.1. The van der Waals surface area contributed by atoms with Crippen LogP contribution in [0, 0.1) is 0 Å². The molecule has 0 atom stereocenters. The molecule has 0 aromatic heterocycles. The van der Waals surface area contributed by atoms with E-state index in [1.54, 1.807) is 12.1 Å². The molecule has 3 aromatic carbocycles. The molecule has 0 radical (unpaired) electrons. The molecule has 2 saturated heterocycles. The molecule has 2 heterocycles. The van der Waals surface area contributed by atoms with E-state index in [0.29, 0.717) is 20.8 Å². The highest BCUT2D eigenvalue weighted by atomic mass is 35.5. The van der Waals surface area contributed by atoms with Crippen molar-refractivity contribution in [2.75, 3.05) is 62.2 Å². The molecule has 36 heavy (non-hydrogen) atoms. The van der Waals surface area contributed by atoms with Gasteiger partial charge in [-0.15, -0.1) is 0 Å². The highest BCUT2D eigenvalue weighted by Crippen LogP contribution is 2.56. The largest absolute Gasteiger partial charge is 0.439 e. The number of halogens is 3. The van der Waals surface area contributed by atoms with Gasteiger partial charge >= 0.3 is 0 Å². The molecule has 0 N–H and O–H groups in total. The molecule has 2 aliphatic rings. The van der Waals surface area contributed by atoms with Crippen LogP contribution >= 0.6 is 41.4 Å². The van der Waals surface area contributed by atoms with Crippen molar-refractivity contribution in [3.8, 4) is 5.75 Å². The predicted octanol–water partition coefficient (Wildman–Crippen LogP) is 6.89. The van der Waals surface area contributed by atoms with Gasteiger partial charge in [0.05, 0.1) is 15.1 Å². The highest BCUT2D eigenvalue weighted by Gasteiger charge is 2.39. The Balaban J connectivity index is 1.37. The standard InChI is InChI=1S/C26H28Cl3N4OPS/c27-23-19-25(29)26(20-24(23)28)34-35(36,32-15-11-30(12-16-32)21-7-3-1-4-8-21)33-17-13-31(14-18-33)22-9-5-2-6-10-22/h1-10,19-20H,11-18H2. The molecule has 0 unspecified atom stereocenters. The minimum Gasteiger partial charge on any atom is -0.439 e. The van der Waals surface area contributed by atoms with E-state index < -0.39 is 6.57 Å². The van der Waals surface area contributed by atoms with E-state index in [1.165, 1.54) is 11.4 Å². The molecule has 10 heteroatoms. The fourth-order valence-electron chi connectivity index (χ4n) is 4.69. The van der Waals surface area contributed by atoms with Crippen molar-refractivity contribution in [3.05, 3.63) is 87.9 Å². The Morgan fingerprint density at radius 3 is 1.44 bits per heavy atom. The second-order valence-corrected chi connectivity index (χ2v) is 13.8. The molecule has 2 fully saturated rings. The molecular formula is C26H28Cl3N4OPS. The Bertz CT molecular complexity index is 1160. The summed E-state index contributed by atoms with van der Waals surface area (Å²) in [5.74, 6) is 0.491. The Hall–Kier alpha value is -1.50. The first-order chi connectivity index (χ1) is 17.4. The summed E-state index contributed by atoms with van der Waals surface area (Å²) in [6.45, 7) is 4.13. The van der Waals surface area contributed by atoms with Crippen molar-refractivity contribution in [2.45, 2.75) is 0 Å². The molecule has 3 aromatic rings. The quantitative estimate of drug-likeness (QED) is 0.232. The fourth-order valence-corrected chi connectivity index (χ4v) is 8.90. The van der Waals surface area contributed by atoms with E-state index in [0.717, 1.165) is 52.4 Å². The van der Waals surface area contributed by atoms with Crippen molar-refractivity contribution in [1.82, 2.24) is 9.34 Å². The van der Waals surface area contributed by atoms with Crippen LogP contribution in [0.25, 0.3) is 0 Å². The van der Waals surface area contributed by atoms with E-state index in [1.807, 2.05) is 12.1 Å². The monoisotopic (exact) mass is 580 g/mol. The van der Waals surface area contributed by atoms with E-state index in [4.69, 9.17) is 51.1 Å². The van der Waals surface area contributed by atoms with E-state index >= 15 is 0 Å². The summed E-state index contributed by atoms with van der Waals surface area (Å²) in [4.78, 5) is 4.80. The Kier molecular flexibility index (Phi) is 8.34. The third-order valence-electron chi connectivity index (χ3n) is 6.66. The second-order valence-electron chi connectivity index (χ2n) is 8.83. The second kappa shape index (κ2) is 11.5. The van der Waals surface area contributed by atoms with Crippen molar-refractivity contribution in [3.63, 3.8) is 0 Å². The van der Waals surface area contributed by atoms with E-state index in [-0.39, 0.29) is 0 Å². The Morgan fingerprint density at radius 2 is 1.00 bits per heavy atom. The van der Waals surface area contributed by atoms with Crippen LogP contribution < -0.4 is 14.3 Å². The maximum atomic E-state index is 6.70. The number of hydrogen-bond acceptors (Lipinski definition) is 4. The van der Waals surface area contributed by atoms with E-state index in [2.05, 4.69) is 67.7 Å². The summed E-state index contributed by atoms with van der Waals surface area (Å²) >= 11 is 25.5. The van der Waals surface area contributed by atoms with Gasteiger partial charge in [-0.05, 0) is 42.1 Å². The fraction of sp³-hybridized carbons (Fsp3) is 0.308.